The van der Waals surface area contributed by atoms with Crippen molar-refractivity contribution in [2.24, 2.45) is 0 Å². The second-order valence-electron chi connectivity index (χ2n) is 5.00. The molecule has 1 atom stereocenters. The Morgan fingerprint density at radius 2 is 2.42 bits per heavy atom. The minimum atomic E-state index is 0.489. The Morgan fingerprint density at radius 1 is 1.53 bits per heavy atom. The van der Waals surface area contributed by atoms with Crippen molar-refractivity contribution < 1.29 is 4.74 Å². The summed E-state index contributed by atoms with van der Waals surface area (Å²) >= 11 is 0. The van der Waals surface area contributed by atoms with Gasteiger partial charge in [-0.25, -0.2) is 9.97 Å². The lowest BCUT2D eigenvalue weighted by Crippen LogP contribution is -2.34. The van der Waals surface area contributed by atoms with Gasteiger partial charge in [0.05, 0.1) is 0 Å². The molecular weight excluding hydrogens is 238 g/mol. The first-order valence-corrected chi connectivity index (χ1v) is 6.97. The lowest BCUT2D eigenvalue weighted by atomic mass is 9.94. The van der Waals surface area contributed by atoms with Crippen LogP contribution in [0.25, 0.3) is 0 Å². The van der Waals surface area contributed by atoms with Gasteiger partial charge in [-0.15, -0.1) is 0 Å². The number of methoxy groups -OCH3 is 1. The number of nitrogens with zero attached hydrogens (tertiary/aromatic N) is 3. The van der Waals surface area contributed by atoms with Crippen molar-refractivity contribution in [1.82, 2.24) is 14.9 Å². The van der Waals surface area contributed by atoms with Crippen LogP contribution >= 0.6 is 0 Å². The molecule has 104 valence electrons. The summed E-state index contributed by atoms with van der Waals surface area (Å²) in [4.78, 5) is 11.3. The zero-order chi connectivity index (χ0) is 13.5. The predicted molar refractivity (Wildman–Crippen MR) is 76.0 cm³/mol. The minimum Gasteiger partial charge on any atom is -0.377 e. The Hall–Kier alpha value is -1.26. The molecule has 2 rings (SSSR count). The highest BCUT2D eigenvalue weighted by Crippen LogP contribution is 2.25. The average Bonchev–Trinajstić information content (AvgIpc) is 2.46. The maximum absolute atomic E-state index is 5.10. The van der Waals surface area contributed by atoms with E-state index in [9.17, 15) is 0 Å². The molecule has 1 aliphatic heterocycles. The molecule has 0 radical (unpaired) electrons. The number of hydrogen-bond donors (Lipinski definition) is 0. The summed E-state index contributed by atoms with van der Waals surface area (Å²) in [6, 6.07) is 2.04. The topological polar surface area (TPSA) is 38.2 Å². The van der Waals surface area contributed by atoms with E-state index in [1.54, 1.807) is 7.11 Å². The molecule has 19 heavy (non-hydrogen) atoms. The maximum Gasteiger partial charge on any atom is 0.154 e. The lowest BCUT2D eigenvalue weighted by Gasteiger charge is -2.31. The third kappa shape index (κ3) is 4.11. The van der Waals surface area contributed by atoms with Gasteiger partial charge < -0.3 is 4.74 Å². The van der Waals surface area contributed by atoms with Crippen LogP contribution in [0.15, 0.2) is 24.4 Å². The Labute approximate surface area is 115 Å². The Morgan fingerprint density at radius 3 is 3.21 bits per heavy atom. The fourth-order valence-corrected chi connectivity index (χ4v) is 2.56. The van der Waals surface area contributed by atoms with E-state index in [-0.39, 0.29) is 0 Å². The molecule has 0 N–H and O–H groups in total. The molecule has 0 aliphatic carbocycles. The Kier molecular flexibility index (Phi) is 5.48. The quantitative estimate of drug-likeness (QED) is 0.763. The second kappa shape index (κ2) is 7.36. The molecule has 2 heterocycles. The molecule has 1 aromatic rings. The van der Waals surface area contributed by atoms with Crippen LogP contribution in [0, 0.1) is 0 Å². The molecule has 4 nitrogen and oxygen atoms in total. The molecule has 0 bridgehead atoms. The van der Waals surface area contributed by atoms with Crippen molar-refractivity contribution in [3.63, 3.8) is 0 Å². The fraction of sp³-hybridized carbons (Fsp3) is 0.600. The normalized spacial score (nSPS) is 21.1. The number of ether oxygens (including phenoxy) is 1. The van der Waals surface area contributed by atoms with Crippen LogP contribution in [-0.2, 0) is 11.3 Å². The maximum atomic E-state index is 5.10. The number of allylic oxidation sites excluding steroid dienone is 1. The van der Waals surface area contributed by atoms with Gasteiger partial charge in [-0.05, 0) is 32.4 Å². The van der Waals surface area contributed by atoms with E-state index < -0.39 is 0 Å². The van der Waals surface area contributed by atoms with E-state index in [0.717, 1.165) is 24.6 Å². The summed E-state index contributed by atoms with van der Waals surface area (Å²) in [5.74, 6) is 1.31. The molecule has 1 aliphatic rings. The standard InChI is InChI=1S/C15H23N3O/c1-3-4-9-18-10-5-6-13(11-18)14-7-8-16-15(17-14)12-19-2/h3-4,7-8,13H,5-6,9-12H2,1-2H3/b4-3+. The van der Waals surface area contributed by atoms with E-state index in [2.05, 4.69) is 33.9 Å². The van der Waals surface area contributed by atoms with Gasteiger partial charge >= 0.3 is 0 Å². The van der Waals surface area contributed by atoms with Crippen LogP contribution in [-0.4, -0.2) is 41.6 Å². The van der Waals surface area contributed by atoms with Gasteiger partial charge in [-0.1, -0.05) is 12.2 Å². The highest BCUT2D eigenvalue weighted by molar-refractivity contribution is 5.10. The SMILES string of the molecule is C/C=C/CN1CCCC(c2ccnc(COC)n2)C1. The summed E-state index contributed by atoms with van der Waals surface area (Å²) in [6.45, 7) is 5.89. The first-order valence-electron chi connectivity index (χ1n) is 6.97. The molecule has 1 fully saturated rings. The van der Waals surface area contributed by atoms with Gasteiger partial charge in [0.15, 0.2) is 5.82 Å². The highest BCUT2D eigenvalue weighted by atomic mass is 16.5. The van der Waals surface area contributed by atoms with Crippen LogP contribution in [0.1, 0.15) is 37.2 Å². The number of piperidine rings is 1. The zero-order valence-corrected chi connectivity index (χ0v) is 11.9. The highest BCUT2D eigenvalue weighted by Gasteiger charge is 2.21. The summed E-state index contributed by atoms with van der Waals surface area (Å²) in [5, 5.41) is 0. The van der Waals surface area contributed by atoms with E-state index in [1.807, 2.05) is 12.3 Å². The molecule has 0 spiro atoms. The third-order valence-electron chi connectivity index (χ3n) is 3.52. The van der Waals surface area contributed by atoms with E-state index in [4.69, 9.17) is 4.74 Å². The van der Waals surface area contributed by atoms with E-state index in [1.165, 1.54) is 19.4 Å². The number of likely N-dealkylation sites (tertiary alicyclic amines) is 1. The van der Waals surface area contributed by atoms with E-state index in [0.29, 0.717) is 12.5 Å². The zero-order valence-electron chi connectivity index (χ0n) is 11.9. The van der Waals surface area contributed by atoms with Crippen molar-refractivity contribution >= 4 is 0 Å². The summed E-state index contributed by atoms with van der Waals surface area (Å²) in [5.41, 5.74) is 1.16. The Balaban J connectivity index is 2.01. The number of rotatable bonds is 5. The fourth-order valence-electron chi connectivity index (χ4n) is 2.56. The lowest BCUT2D eigenvalue weighted by molar-refractivity contribution is 0.176. The smallest absolute Gasteiger partial charge is 0.154 e. The molecule has 0 saturated carbocycles. The van der Waals surface area contributed by atoms with Crippen LogP contribution in [0.5, 0.6) is 0 Å². The first kappa shape index (κ1) is 14.2. The molecule has 1 unspecified atom stereocenters. The second-order valence-corrected chi connectivity index (χ2v) is 5.00. The van der Waals surface area contributed by atoms with Crippen LogP contribution < -0.4 is 0 Å². The van der Waals surface area contributed by atoms with Gasteiger partial charge in [0.25, 0.3) is 0 Å². The van der Waals surface area contributed by atoms with Gasteiger partial charge in [-0.3, -0.25) is 4.90 Å². The van der Waals surface area contributed by atoms with Crippen molar-refractivity contribution in [2.45, 2.75) is 32.3 Å². The molecule has 4 heteroatoms. The molecule has 1 saturated heterocycles. The van der Waals surface area contributed by atoms with E-state index >= 15 is 0 Å². The monoisotopic (exact) mass is 261 g/mol. The largest absolute Gasteiger partial charge is 0.377 e. The first-order chi connectivity index (χ1) is 9.33. The third-order valence-corrected chi connectivity index (χ3v) is 3.52. The summed E-state index contributed by atoms with van der Waals surface area (Å²) in [6.07, 6.45) is 8.65. The van der Waals surface area contributed by atoms with Crippen molar-refractivity contribution in [3.05, 3.63) is 35.9 Å². The van der Waals surface area contributed by atoms with Gasteiger partial charge in [0.1, 0.15) is 6.61 Å². The Bertz CT molecular complexity index is 420. The van der Waals surface area contributed by atoms with Crippen molar-refractivity contribution in [3.8, 4) is 0 Å². The van der Waals surface area contributed by atoms with Crippen LogP contribution in [0.3, 0.4) is 0 Å². The summed E-state index contributed by atoms with van der Waals surface area (Å²) in [7, 11) is 1.68. The van der Waals surface area contributed by atoms with Crippen LogP contribution in [0.2, 0.25) is 0 Å². The number of hydrogen-bond acceptors (Lipinski definition) is 4. The number of aromatic nitrogens is 2. The molecular formula is C15H23N3O. The molecule has 1 aromatic heterocycles. The average molecular weight is 261 g/mol. The van der Waals surface area contributed by atoms with Crippen LogP contribution in [0.4, 0.5) is 0 Å². The van der Waals surface area contributed by atoms with Gasteiger partial charge in [-0.2, -0.15) is 0 Å². The molecule has 0 aromatic carbocycles. The minimum absolute atomic E-state index is 0.489. The van der Waals surface area contributed by atoms with Crippen molar-refractivity contribution in [1.29, 1.82) is 0 Å². The molecule has 0 amide bonds. The van der Waals surface area contributed by atoms with Crippen molar-refractivity contribution in [2.75, 3.05) is 26.7 Å². The van der Waals surface area contributed by atoms with Gasteiger partial charge in [0.2, 0.25) is 0 Å². The summed E-state index contributed by atoms with van der Waals surface area (Å²) < 4.78 is 5.10. The van der Waals surface area contributed by atoms with Gasteiger partial charge in [0, 0.05) is 38.0 Å². The predicted octanol–water partition coefficient (Wildman–Crippen LogP) is 2.38.